The number of rotatable bonds is 4. The van der Waals surface area contributed by atoms with Crippen LogP contribution in [0.5, 0.6) is 0 Å². The lowest BCUT2D eigenvalue weighted by Gasteiger charge is -2.37. The summed E-state index contributed by atoms with van der Waals surface area (Å²) in [7, 11) is -3.20. The van der Waals surface area contributed by atoms with Gasteiger partial charge in [0.25, 0.3) is 0 Å². The number of fused-ring (bicyclic) bond motifs is 2. The van der Waals surface area contributed by atoms with Gasteiger partial charge >= 0.3 is 0 Å². The molecule has 0 unspecified atom stereocenters. The van der Waals surface area contributed by atoms with Crippen LogP contribution in [-0.2, 0) is 25.0 Å². The Morgan fingerprint density at radius 1 is 1.23 bits per heavy atom. The quantitative estimate of drug-likeness (QED) is 0.801. The number of benzene rings is 1. The monoisotopic (exact) mass is 378 g/mol. The highest BCUT2D eigenvalue weighted by Gasteiger charge is 2.53. The molecule has 1 aromatic rings. The second-order valence-corrected chi connectivity index (χ2v) is 9.80. The summed E-state index contributed by atoms with van der Waals surface area (Å²) >= 11 is 0. The molecule has 3 aliphatic rings. The summed E-state index contributed by atoms with van der Waals surface area (Å²) in [5.74, 6) is 0.625. The van der Waals surface area contributed by atoms with Gasteiger partial charge in [-0.2, -0.15) is 0 Å². The first-order chi connectivity index (χ1) is 12.5. The molecule has 1 aromatic carbocycles. The Hall–Kier alpha value is -1.44. The van der Waals surface area contributed by atoms with Crippen molar-refractivity contribution in [1.29, 1.82) is 0 Å². The SMILES string of the molecule is CCS(=O)(=O)N1CCC2(CC1)C(=O)N(C[C@H]1CCOC1)c1ccccc12. The van der Waals surface area contributed by atoms with Crippen LogP contribution in [0.2, 0.25) is 0 Å². The Bertz CT molecular complexity index is 794. The Kier molecular flexibility index (Phi) is 4.57. The van der Waals surface area contributed by atoms with E-state index in [4.69, 9.17) is 4.74 Å². The predicted octanol–water partition coefficient (Wildman–Crippen LogP) is 1.75. The van der Waals surface area contributed by atoms with Gasteiger partial charge in [-0.1, -0.05) is 18.2 Å². The van der Waals surface area contributed by atoms with E-state index >= 15 is 0 Å². The van der Waals surface area contributed by atoms with Gasteiger partial charge in [-0.3, -0.25) is 4.79 Å². The molecule has 0 bridgehead atoms. The summed E-state index contributed by atoms with van der Waals surface area (Å²) in [6, 6.07) is 8.01. The molecule has 0 N–H and O–H groups in total. The summed E-state index contributed by atoms with van der Waals surface area (Å²) in [6.07, 6.45) is 2.10. The van der Waals surface area contributed by atoms with Gasteiger partial charge in [-0.15, -0.1) is 0 Å². The van der Waals surface area contributed by atoms with Crippen molar-refractivity contribution < 1.29 is 17.9 Å². The zero-order valence-electron chi connectivity index (χ0n) is 15.2. The second-order valence-electron chi connectivity index (χ2n) is 7.54. The van der Waals surface area contributed by atoms with E-state index in [1.165, 1.54) is 0 Å². The van der Waals surface area contributed by atoms with Gasteiger partial charge in [-0.25, -0.2) is 12.7 Å². The average molecular weight is 378 g/mol. The van der Waals surface area contributed by atoms with E-state index in [9.17, 15) is 13.2 Å². The number of nitrogens with zero attached hydrogens (tertiary/aromatic N) is 2. The van der Waals surface area contributed by atoms with Gasteiger partial charge in [-0.05, 0) is 37.8 Å². The standard InChI is InChI=1S/C19H26N2O4S/c1-2-26(23,24)20-10-8-19(9-11-20)16-5-3-4-6-17(16)21(18(19)22)13-15-7-12-25-14-15/h3-6,15H,2,7-14H2,1H3/t15-/m1/s1. The molecular weight excluding hydrogens is 352 g/mol. The van der Waals surface area contributed by atoms with E-state index in [1.807, 2.05) is 29.2 Å². The molecule has 6 nitrogen and oxygen atoms in total. The number of hydrogen-bond donors (Lipinski definition) is 0. The molecule has 7 heteroatoms. The molecule has 3 heterocycles. The fourth-order valence-corrected chi connectivity index (χ4v) is 5.68. The number of hydrogen-bond acceptors (Lipinski definition) is 4. The third kappa shape index (κ3) is 2.77. The number of amides is 1. The summed E-state index contributed by atoms with van der Waals surface area (Å²) in [5.41, 5.74) is 1.49. The van der Waals surface area contributed by atoms with E-state index < -0.39 is 15.4 Å². The molecule has 0 radical (unpaired) electrons. The minimum Gasteiger partial charge on any atom is -0.381 e. The number of ether oxygens (including phenoxy) is 1. The van der Waals surface area contributed by atoms with Crippen LogP contribution in [-0.4, -0.2) is 57.2 Å². The minimum atomic E-state index is -3.20. The van der Waals surface area contributed by atoms with Crippen LogP contribution < -0.4 is 4.90 Å². The molecule has 1 atom stereocenters. The van der Waals surface area contributed by atoms with Crippen LogP contribution in [0.25, 0.3) is 0 Å². The van der Waals surface area contributed by atoms with Gasteiger partial charge in [0.05, 0.1) is 17.8 Å². The van der Waals surface area contributed by atoms with Gasteiger partial charge in [0.15, 0.2) is 0 Å². The molecule has 1 amide bonds. The van der Waals surface area contributed by atoms with Crippen LogP contribution in [0.4, 0.5) is 5.69 Å². The topological polar surface area (TPSA) is 66.9 Å². The summed E-state index contributed by atoms with van der Waals surface area (Å²) in [6.45, 7) is 4.66. The van der Waals surface area contributed by atoms with Gasteiger partial charge in [0.2, 0.25) is 15.9 Å². The highest BCUT2D eigenvalue weighted by Crippen LogP contribution is 2.48. The molecule has 0 saturated carbocycles. The summed E-state index contributed by atoms with van der Waals surface area (Å²) < 4.78 is 31.4. The first kappa shape index (κ1) is 17.9. The minimum absolute atomic E-state index is 0.109. The van der Waals surface area contributed by atoms with E-state index in [2.05, 4.69) is 0 Å². The fraction of sp³-hybridized carbons (Fsp3) is 0.632. The Morgan fingerprint density at radius 2 is 1.96 bits per heavy atom. The van der Waals surface area contributed by atoms with E-state index in [-0.39, 0.29) is 11.7 Å². The fourth-order valence-electron chi connectivity index (χ4n) is 4.58. The molecular formula is C19H26N2O4S. The molecule has 3 aliphatic heterocycles. The third-order valence-electron chi connectivity index (χ3n) is 6.16. The molecule has 0 aliphatic carbocycles. The number of carbonyl (C=O) groups is 1. The molecule has 0 aromatic heterocycles. The maximum Gasteiger partial charge on any atom is 0.237 e. The number of sulfonamides is 1. The second kappa shape index (κ2) is 6.62. The summed E-state index contributed by atoms with van der Waals surface area (Å²) in [4.78, 5) is 15.4. The van der Waals surface area contributed by atoms with Gasteiger partial charge < -0.3 is 9.64 Å². The van der Waals surface area contributed by atoms with Crippen LogP contribution in [0, 0.1) is 5.92 Å². The Morgan fingerprint density at radius 3 is 2.62 bits per heavy atom. The number of anilines is 1. The maximum atomic E-state index is 13.5. The number of piperidine rings is 1. The van der Waals surface area contributed by atoms with Crippen molar-refractivity contribution in [1.82, 2.24) is 4.31 Å². The van der Waals surface area contributed by atoms with E-state index in [0.29, 0.717) is 45.0 Å². The molecule has 142 valence electrons. The highest BCUT2D eigenvalue weighted by atomic mass is 32.2. The molecule has 4 rings (SSSR count). The lowest BCUT2D eigenvalue weighted by Crippen LogP contribution is -2.50. The Labute approximate surface area is 155 Å². The molecule has 26 heavy (non-hydrogen) atoms. The molecule has 2 fully saturated rings. The largest absolute Gasteiger partial charge is 0.381 e. The molecule has 2 saturated heterocycles. The lowest BCUT2D eigenvalue weighted by atomic mass is 9.74. The third-order valence-corrected chi connectivity index (χ3v) is 8.05. The van der Waals surface area contributed by atoms with Crippen LogP contribution >= 0.6 is 0 Å². The van der Waals surface area contributed by atoms with Crippen molar-refractivity contribution in [3.63, 3.8) is 0 Å². The zero-order chi connectivity index (χ0) is 18.4. The van der Waals surface area contributed by atoms with Crippen molar-refractivity contribution >= 4 is 21.6 Å². The van der Waals surface area contributed by atoms with E-state index in [1.54, 1.807) is 11.2 Å². The van der Waals surface area contributed by atoms with Crippen molar-refractivity contribution in [3.8, 4) is 0 Å². The normalized spacial score (nSPS) is 25.8. The molecule has 1 spiro atoms. The zero-order valence-corrected chi connectivity index (χ0v) is 16.0. The van der Waals surface area contributed by atoms with Crippen LogP contribution in [0.15, 0.2) is 24.3 Å². The van der Waals surface area contributed by atoms with Gasteiger partial charge in [0.1, 0.15) is 0 Å². The van der Waals surface area contributed by atoms with Crippen LogP contribution in [0.1, 0.15) is 31.7 Å². The first-order valence-corrected chi connectivity index (χ1v) is 11.1. The average Bonchev–Trinajstić information content (AvgIpc) is 3.25. The van der Waals surface area contributed by atoms with Crippen molar-refractivity contribution in [2.75, 3.05) is 43.5 Å². The summed E-state index contributed by atoms with van der Waals surface area (Å²) in [5, 5.41) is 0. The predicted molar refractivity (Wildman–Crippen MR) is 99.7 cm³/mol. The van der Waals surface area contributed by atoms with Crippen molar-refractivity contribution in [2.24, 2.45) is 5.92 Å². The first-order valence-electron chi connectivity index (χ1n) is 9.45. The lowest BCUT2D eigenvalue weighted by molar-refractivity contribution is -0.124. The maximum absolute atomic E-state index is 13.5. The smallest absolute Gasteiger partial charge is 0.237 e. The Balaban J connectivity index is 1.62. The van der Waals surface area contributed by atoms with Crippen molar-refractivity contribution in [3.05, 3.63) is 29.8 Å². The number of para-hydroxylation sites is 1. The van der Waals surface area contributed by atoms with E-state index in [0.717, 1.165) is 24.3 Å². The van der Waals surface area contributed by atoms with Gasteiger partial charge in [0, 0.05) is 37.8 Å². The number of carbonyl (C=O) groups excluding carboxylic acids is 1. The highest BCUT2D eigenvalue weighted by molar-refractivity contribution is 7.89. The van der Waals surface area contributed by atoms with Crippen molar-refractivity contribution in [2.45, 2.75) is 31.6 Å². The van der Waals surface area contributed by atoms with Crippen LogP contribution in [0.3, 0.4) is 0 Å².